The van der Waals surface area contributed by atoms with Crippen LogP contribution >= 0.6 is 0 Å². The number of urea groups is 1. The Hall–Kier alpha value is -1.34. The first-order chi connectivity index (χ1) is 9.08. The van der Waals surface area contributed by atoms with Gasteiger partial charge in [-0.1, -0.05) is 12.8 Å². The van der Waals surface area contributed by atoms with E-state index < -0.39 is 18.2 Å². The molecule has 1 aliphatic heterocycles. The molecule has 1 saturated carbocycles. The molecule has 2 aliphatic rings. The Kier molecular flexibility index (Phi) is 4.60. The highest BCUT2D eigenvalue weighted by atomic mass is 16.5. The smallest absolute Gasteiger partial charge is 0.334 e. The quantitative estimate of drug-likeness (QED) is 0.645. The number of aliphatic carboxylic acids is 1. The van der Waals surface area contributed by atoms with Gasteiger partial charge in [0.2, 0.25) is 0 Å². The predicted octanol–water partition coefficient (Wildman–Crippen LogP) is -0.215. The maximum Gasteiger partial charge on any atom is 0.334 e. The van der Waals surface area contributed by atoms with Crippen molar-refractivity contribution in [1.29, 1.82) is 0 Å². The first kappa shape index (κ1) is 14.1. The van der Waals surface area contributed by atoms with Crippen LogP contribution < -0.4 is 5.32 Å². The molecule has 1 aliphatic carbocycles. The van der Waals surface area contributed by atoms with Crippen LogP contribution in [0.15, 0.2) is 0 Å². The molecule has 3 atom stereocenters. The largest absolute Gasteiger partial charge is 0.479 e. The average Bonchev–Trinajstić information content (AvgIpc) is 2.41. The number of carboxylic acid groups (broad SMARTS) is 1. The van der Waals surface area contributed by atoms with E-state index in [1.165, 1.54) is 4.90 Å². The van der Waals surface area contributed by atoms with E-state index in [1.807, 2.05) is 0 Å². The summed E-state index contributed by atoms with van der Waals surface area (Å²) in [4.78, 5) is 24.3. The fourth-order valence-electron chi connectivity index (χ4n) is 2.51. The van der Waals surface area contributed by atoms with Gasteiger partial charge >= 0.3 is 12.0 Å². The second kappa shape index (κ2) is 6.21. The third-order valence-electron chi connectivity index (χ3n) is 3.67. The van der Waals surface area contributed by atoms with Crippen molar-refractivity contribution in [2.45, 2.75) is 43.9 Å². The third kappa shape index (κ3) is 3.57. The average molecular weight is 272 g/mol. The summed E-state index contributed by atoms with van der Waals surface area (Å²) in [5.74, 6) is -1.06. The van der Waals surface area contributed by atoms with Crippen LogP contribution in [0.5, 0.6) is 0 Å². The molecule has 2 amide bonds. The van der Waals surface area contributed by atoms with Crippen molar-refractivity contribution >= 4 is 12.0 Å². The number of carboxylic acids is 1. The van der Waals surface area contributed by atoms with Gasteiger partial charge in [0.05, 0.1) is 25.3 Å². The van der Waals surface area contributed by atoms with Gasteiger partial charge in [-0.3, -0.25) is 0 Å². The lowest BCUT2D eigenvalue weighted by atomic mass is 9.93. The summed E-state index contributed by atoms with van der Waals surface area (Å²) in [7, 11) is 0. The molecule has 19 heavy (non-hydrogen) atoms. The minimum atomic E-state index is -1.06. The fourth-order valence-corrected chi connectivity index (χ4v) is 2.51. The second-order valence-electron chi connectivity index (χ2n) is 5.05. The van der Waals surface area contributed by atoms with Crippen molar-refractivity contribution < 1.29 is 24.5 Å². The number of aliphatic hydroxyl groups is 1. The van der Waals surface area contributed by atoms with E-state index in [0.717, 1.165) is 19.3 Å². The minimum Gasteiger partial charge on any atom is -0.479 e. The number of ether oxygens (including phenoxy) is 1. The van der Waals surface area contributed by atoms with E-state index in [0.29, 0.717) is 13.0 Å². The fraction of sp³-hybridized carbons (Fsp3) is 0.833. The Morgan fingerprint density at radius 1 is 1.26 bits per heavy atom. The molecule has 2 rings (SSSR count). The maximum atomic E-state index is 12.0. The lowest BCUT2D eigenvalue weighted by Gasteiger charge is -2.34. The standard InChI is InChI=1S/C12H20N2O5/c15-9-4-2-1-3-8(9)13-12(18)14-5-6-19-10(7-14)11(16)17/h8-10,15H,1-7H2,(H,13,18)(H,16,17). The molecule has 0 aromatic rings. The van der Waals surface area contributed by atoms with E-state index in [4.69, 9.17) is 9.84 Å². The number of carbonyl (C=O) groups excluding carboxylic acids is 1. The summed E-state index contributed by atoms with van der Waals surface area (Å²) < 4.78 is 5.06. The Bertz CT molecular complexity index is 349. The number of rotatable bonds is 2. The zero-order valence-corrected chi connectivity index (χ0v) is 10.7. The molecule has 0 aromatic carbocycles. The van der Waals surface area contributed by atoms with Crippen LogP contribution in [0.1, 0.15) is 25.7 Å². The molecule has 108 valence electrons. The normalized spacial score (nSPS) is 31.8. The first-order valence-corrected chi connectivity index (χ1v) is 6.66. The molecular weight excluding hydrogens is 252 g/mol. The summed E-state index contributed by atoms with van der Waals surface area (Å²) in [5, 5.41) is 21.5. The van der Waals surface area contributed by atoms with Crippen LogP contribution in [0.2, 0.25) is 0 Å². The van der Waals surface area contributed by atoms with Crippen LogP contribution in [0.4, 0.5) is 4.79 Å². The number of carbonyl (C=O) groups is 2. The maximum absolute atomic E-state index is 12.0. The van der Waals surface area contributed by atoms with E-state index >= 15 is 0 Å². The minimum absolute atomic E-state index is 0.0456. The van der Waals surface area contributed by atoms with E-state index in [-0.39, 0.29) is 25.2 Å². The van der Waals surface area contributed by atoms with Gasteiger partial charge in [-0.15, -0.1) is 0 Å². The van der Waals surface area contributed by atoms with Gasteiger partial charge in [0, 0.05) is 6.54 Å². The highest BCUT2D eigenvalue weighted by Gasteiger charge is 2.31. The zero-order chi connectivity index (χ0) is 13.8. The Morgan fingerprint density at radius 2 is 2.00 bits per heavy atom. The molecule has 3 unspecified atom stereocenters. The van der Waals surface area contributed by atoms with Gasteiger partial charge in [-0.2, -0.15) is 0 Å². The van der Waals surface area contributed by atoms with Gasteiger partial charge in [-0.05, 0) is 12.8 Å². The van der Waals surface area contributed by atoms with Crippen molar-refractivity contribution in [3.8, 4) is 0 Å². The van der Waals surface area contributed by atoms with Gasteiger partial charge in [0.1, 0.15) is 0 Å². The highest BCUT2D eigenvalue weighted by Crippen LogP contribution is 2.18. The molecule has 1 heterocycles. The number of morpholine rings is 1. The number of amides is 2. The van der Waals surface area contributed by atoms with Crippen LogP contribution in [-0.4, -0.2) is 65.1 Å². The summed E-state index contributed by atoms with van der Waals surface area (Å²) in [5.41, 5.74) is 0. The van der Waals surface area contributed by atoms with Gasteiger partial charge < -0.3 is 25.2 Å². The lowest BCUT2D eigenvalue weighted by Crippen LogP contribution is -2.55. The lowest BCUT2D eigenvalue weighted by molar-refractivity contribution is -0.154. The van der Waals surface area contributed by atoms with Gasteiger partial charge in [0.25, 0.3) is 0 Å². The predicted molar refractivity (Wildman–Crippen MR) is 65.7 cm³/mol. The third-order valence-corrected chi connectivity index (χ3v) is 3.67. The number of nitrogens with zero attached hydrogens (tertiary/aromatic N) is 1. The summed E-state index contributed by atoms with van der Waals surface area (Å²) in [6.07, 6.45) is 1.96. The molecular formula is C12H20N2O5. The molecule has 0 spiro atoms. The van der Waals surface area contributed by atoms with Crippen LogP contribution in [0.25, 0.3) is 0 Å². The van der Waals surface area contributed by atoms with E-state index in [9.17, 15) is 14.7 Å². The van der Waals surface area contributed by atoms with Crippen molar-refractivity contribution in [3.63, 3.8) is 0 Å². The SMILES string of the molecule is O=C(O)C1CN(C(=O)NC2CCCCC2O)CCO1. The number of hydrogen-bond donors (Lipinski definition) is 3. The molecule has 7 heteroatoms. The molecule has 0 bridgehead atoms. The number of aliphatic hydroxyl groups excluding tert-OH is 1. The number of nitrogens with one attached hydrogen (secondary N) is 1. The van der Waals surface area contributed by atoms with Gasteiger partial charge in [-0.25, -0.2) is 9.59 Å². The summed E-state index contributed by atoms with van der Waals surface area (Å²) >= 11 is 0. The topological polar surface area (TPSA) is 99.1 Å². The van der Waals surface area contributed by atoms with Gasteiger partial charge in [0.15, 0.2) is 6.10 Å². The Morgan fingerprint density at radius 3 is 2.68 bits per heavy atom. The molecule has 1 saturated heterocycles. The van der Waals surface area contributed by atoms with Crippen molar-refractivity contribution in [2.24, 2.45) is 0 Å². The monoisotopic (exact) mass is 272 g/mol. The van der Waals surface area contributed by atoms with Crippen molar-refractivity contribution in [1.82, 2.24) is 10.2 Å². The van der Waals surface area contributed by atoms with Crippen molar-refractivity contribution in [2.75, 3.05) is 19.7 Å². The molecule has 3 N–H and O–H groups in total. The van der Waals surface area contributed by atoms with Crippen LogP contribution in [0, 0.1) is 0 Å². The van der Waals surface area contributed by atoms with Crippen molar-refractivity contribution in [3.05, 3.63) is 0 Å². The first-order valence-electron chi connectivity index (χ1n) is 6.66. The molecule has 7 nitrogen and oxygen atoms in total. The Balaban J connectivity index is 1.86. The molecule has 0 radical (unpaired) electrons. The number of hydrogen-bond acceptors (Lipinski definition) is 4. The summed E-state index contributed by atoms with van der Waals surface area (Å²) in [6, 6.07) is -0.548. The zero-order valence-electron chi connectivity index (χ0n) is 10.7. The Labute approximate surface area is 111 Å². The van der Waals surface area contributed by atoms with Crippen LogP contribution in [-0.2, 0) is 9.53 Å². The molecule has 2 fully saturated rings. The summed E-state index contributed by atoms with van der Waals surface area (Å²) in [6.45, 7) is 0.639. The molecule has 0 aromatic heterocycles. The van der Waals surface area contributed by atoms with E-state index in [1.54, 1.807) is 0 Å². The second-order valence-corrected chi connectivity index (χ2v) is 5.05. The van der Waals surface area contributed by atoms with E-state index in [2.05, 4.69) is 5.32 Å². The van der Waals surface area contributed by atoms with Crippen LogP contribution in [0.3, 0.4) is 0 Å². The highest BCUT2D eigenvalue weighted by molar-refractivity contribution is 5.77.